The summed E-state index contributed by atoms with van der Waals surface area (Å²) in [6.07, 6.45) is 0. The Morgan fingerprint density at radius 2 is 0.580 bits per heavy atom. The number of benzene rings is 3. The van der Waals surface area contributed by atoms with Crippen molar-refractivity contribution in [3.05, 3.63) is 73.9 Å². The molecule has 0 aromatic heterocycles. The van der Waals surface area contributed by atoms with Gasteiger partial charge in [-0.05, 0) is 0 Å². The molecule has 3 aromatic rings. The predicted molar refractivity (Wildman–Crippen MR) is 191 cm³/mol. The quantitative estimate of drug-likeness (QED) is 0.175. The number of methoxy groups -OCH3 is 6. The molecule has 11 heteroatoms. The van der Waals surface area contributed by atoms with Gasteiger partial charge in [0, 0.05) is 0 Å². The van der Waals surface area contributed by atoms with E-state index in [1.807, 2.05) is 18.2 Å². The van der Waals surface area contributed by atoms with Crippen molar-refractivity contribution in [2.75, 3.05) is 42.7 Å². The van der Waals surface area contributed by atoms with Crippen molar-refractivity contribution in [1.82, 2.24) is 0 Å². The van der Waals surface area contributed by atoms with Gasteiger partial charge in [0.15, 0.2) is 0 Å². The van der Waals surface area contributed by atoms with Gasteiger partial charge in [-0.15, -0.1) is 0 Å². The minimum absolute atomic E-state index is 0. The van der Waals surface area contributed by atoms with Crippen LogP contribution in [-0.4, -0.2) is 50.7 Å². The second-order valence-corrected chi connectivity index (χ2v) is 18.4. The first-order valence-electron chi connectivity index (χ1n) is 15.9. The van der Waals surface area contributed by atoms with Crippen LogP contribution < -0.4 is 81.2 Å². The number of hydrogen-bond donors (Lipinski definition) is 0. The SMILES string of the molecule is COc1cc(OC)c(C)c([Si](c2c(C)c(OC)cc(OC)c2C)(c2c(C)c(OC)cc(OC)c2C)[C]2([Ti+3])C(C)=C(C)C(C)=C2C)c1C.[Cl-].[Cl-].[Cl-]. The fourth-order valence-electron chi connectivity index (χ4n) is 8.46. The monoisotopic (exact) mass is 796 g/mol. The molecule has 4 rings (SSSR count). The maximum absolute atomic E-state index is 6.16. The number of ether oxygens (including phenoxy) is 6. The Labute approximate surface area is 331 Å². The van der Waals surface area contributed by atoms with E-state index in [0.717, 1.165) is 67.9 Å². The average Bonchev–Trinajstić information content (AvgIpc) is 3.20. The van der Waals surface area contributed by atoms with E-state index in [2.05, 4.69) is 89.7 Å². The molecule has 1 aliphatic rings. The third-order valence-electron chi connectivity index (χ3n) is 11.1. The van der Waals surface area contributed by atoms with Crippen LogP contribution in [-0.2, 0) is 20.4 Å². The third kappa shape index (κ3) is 6.28. The summed E-state index contributed by atoms with van der Waals surface area (Å²) in [5.74, 6) is 4.71. The molecule has 0 spiro atoms. The first-order chi connectivity index (χ1) is 22.1. The molecule has 272 valence electrons. The molecule has 0 atom stereocenters. The largest absolute Gasteiger partial charge is 1.00 e. The molecule has 0 fully saturated rings. The number of rotatable bonds is 10. The van der Waals surface area contributed by atoms with E-state index in [1.165, 1.54) is 37.9 Å². The summed E-state index contributed by atoms with van der Waals surface area (Å²) >= 11 is 2.46. The van der Waals surface area contributed by atoms with Crippen molar-refractivity contribution in [2.24, 2.45) is 0 Å². The van der Waals surface area contributed by atoms with E-state index >= 15 is 0 Å². The van der Waals surface area contributed by atoms with E-state index in [1.54, 1.807) is 42.7 Å². The van der Waals surface area contributed by atoms with Gasteiger partial charge in [-0.1, -0.05) is 0 Å². The van der Waals surface area contributed by atoms with Crippen LogP contribution in [0.5, 0.6) is 34.5 Å². The van der Waals surface area contributed by atoms with Gasteiger partial charge in [-0.2, -0.15) is 0 Å². The molecule has 6 nitrogen and oxygen atoms in total. The molecule has 0 saturated heterocycles. The van der Waals surface area contributed by atoms with Gasteiger partial charge in [-0.25, -0.2) is 0 Å². The van der Waals surface area contributed by atoms with Crippen LogP contribution in [0.4, 0.5) is 0 Å². The fourth-order valence-corrected chi connectivity index (χ4v) is 18.3. The summed E-state index contributed by atoms with van der Waals surface area (Å²) in [5.41, 5.74) is 11.9. The van der Waals surface area contributed by atoms with Gasteiger partial charge in [0.2, 0.25) is 0 Å². The summed E-state index contributed by atoms with van der Waals surface area (Å²) in [6.45, 7) is 22.4. The molecule has 3 aromatic carbocycles. The van der Waals surface area contributed by atoms with Gasteiger partial charge < -0.3 is 37.2 Å². The molecule has 0 aliphatic heterocycles. The van der Waals surface area contributed by atoms with Crippen molar-refractivity contribution < 1.29 is 86.1 Å². The van der Waals surface area contributed by atoms with Gasteiger partial charge in [-0.3, -0.25) is 0 Å². The zero-order valence-corrected chi connectivity index (χ0v) is 37.1. The smallest absolute Gasteiger partial charge is 1.00 e. The molecule has 0 amide bonds. The summed E-state index contributed by atoms with van der Waals surface area (Å²) in [5, 5.41) is 3.71. The Hall–Kier alpha value is -2.26. The Morgan fingerprint density at radius 1 is 0.400 bits per heavy atom. The topological polar surface area (TPSA) is 55.4 Å². The molecule has 1 aliphatic carbocycles. The van der Waals surface area contributed by atoms with Gasteiger partial charge >= 0.3 is 296 Å². The second kappa shape index (κ2) is 17.0. The second-order valence-electron chi connectivity index (χ2n) is 12.7. The number of hydrogen-bond acceptors (Lipinski definition) is 6. The summed E-state index contributed by atoms with van der Waals surface area (Å²) in [4.78, 5) is 0. The molecule has 0 radical (unpaired) electrons. The van der Waals surface area contributed by atoms with Gasteiger partial charge in [0.1, 0.15) is 0 Å². The first kappa shape index (κ1) is 45.8. The van der Waals surface area contributed by atoms with Gasteiger partial charge in [0.25, 0.3) is 0 Å². The Kier molecular flexibility index (Phi) is 15.6. The van der Waals surface area contributed by atoms with Crippen molar-refractivity contribution in [3.63, 3.8) is 0 Å². The number of halogens is 3. The number of allylic oxidation sites excluding steroid dienone is 4. The van der Waals surface area contributed by atoms with E-state index in [4.69, 9.17) is 28.4 Å². The van der Waals surface area contributed by atoms with E-state index in [0.29, 0.717) is 0 Å². The maximum Gasteiger partial charge on any atom is -1.00 e. The van der Waals surface area contributed by atoms with Crippen LogP contribution in [0.15, 0.2) is 40.5 Å². The third-order valence-corrected chi connectivity index (χ3v) is 20.4. The van der Waals surface area contributed by atoms with Crippen LogP contribution in [0.1, 0.15) is 61.1 Å². The van der Waals surface area contributed by atoms with E-state index < -0.39 is 11.4 Å². The Morgan fingerprint density at radius 3 is 0.740 bits per heavy atom. The molecule has 0 heterocycles. The molecule has 0 N–H and O–H groups in total. The first-order valence-corrected chi connectivity index (χ1v) is 18.7. The standard InChI is InChI=1S/C39H51O6Si.3ClH.Ti/c1-20-21(2)23(4)36(22(20)3)46(37-24(5)30(40-11)17-31(41-12)25(37)6,38-26(7)32(42-13)18-33(43-14)27(38)8)39-28(9)34(44-15)19-35(45-16)29(39)10;;;;/h17-19H,1-16H3;3*1H;/q;;;;+3/p-3. The molecule has 0 bridgehead atoms. The van der Waals surface area contributed by atoms with Crippen molar-refractivity contribution in [1.29, 1.82) is 0 Å². The maximum atomic E-state index is 6.16. The minimum Gasteiger partial charge on any atom is -1.00 e. The Balaban J connectivity index is 0.00000417. The summed E-state index contributed by atoms with van der Waals surface area (Å²) in [6, 6.07) is 6.05. The van der Waals surface area contributed by atoms with Crippen LogP contribution in [0.25, 0.3) is 0 Å². The van der Waals surface area contributed by atoms with Crippen molar-refractivity contribution in [2.45, 2.75) is 72.6 Å². The molecular formula is C39H51Cl3O6SiTi. The van der Waals surface area contributed by atoms with Crippen LogP contribution in [0, 0.1) is 41.5 Å². The van der Waals surface area contributed by atoms with Crippen LogP contribution in [0.2, 0.25) is 3.34 Å². The predicted octanol–water partition coefficient (Wildman–Crippen LogP) is -2.00. The van der Waals surface area contributed by atoms with Crippen LogP contribution in [0.3, 0.4) is 0 Å². The Bertz CT molecular complexity index is 1560. The molecule has 0 saturated carbocycles. The van der Waals surface area contributed by atoms with Crippen molar-refractivity contribution >= 4 is 23.6 Å². The zero-order chi connectivity index (χ0) is 35.3. The van der Waals surface area contributed by atoms with Crippen LogP contribution >= 0.6 is 0 Å². The summed E-state index contributed by atoms with van der Waals surface area (Å²) in [7, 11) is 6.96. The van der Waals surface area contributed by atoms with E-state index in [-0.39, 0.29) is 37.2 Å². The zero-order valence-electron chi connectivity index (χ0n) is 32.3. The molecule has 0 unspecified atom stereocenters. The summed E-state index contributed by atoms with van der Waals surface area (Å²) < 4.78 is 36.5. The van der Waals surface area contributed by atoms with Crippen molar-refractivity contribution in [3.8, 4) is 34.5 Å². The molecular weight excluding hydrogens is 747 g/mol. The fraction of sp³-hybridized carbons (Fsp3) is 0.436. The minimum atomic E-state index is -3.47. The average molecular weight is 798 g/mol. The normalized spacial score (nSPS) is 13.6. The van der Waals surface area contributed by atoms with E-state index in [9.17, 15) is 0 Å². The molecule has 50 heavy (non-hydrogen) atoms. The van der Waals surface area contributed by atoms with Gasteiger partial charge in [0.05, 0.1) is 0 Å².